The van der Waals surface area contributed by atoms with Gasteiger partial charge in [0.1, 0.15) is 0 Å². The Morgan fingerprint density at radius 3 is 3.21 bits per heavy atom. The molecule has 3 rings (SSSR count). The number of nitrogens with one attached hydrogen (secondary N) is 1. The first-order chi connectivity index (χ1) is 6.84. The van der Waals surface area contributed by atoms with Crippen molar-refractivity contribution in [1.82, 2.24) is 5.32 Å². The molecule has 0 saturated heterocycles. The highest BCUT2D eigenvalue weighted by molar-refractivity contribution is 5.56. The van der Waals surface area contributed by atoms with Crippen molar-refractivity contribution >= 4 is 0 Å². The van der Waals surface area contributed by atoms with Gasteiger partial charge in [-0.25, -0.2) is 0 Å². The van der Waals surface area contributed by atoms with Gasteiger partial charge in [-0.3, -0.25) is 0 Å². The van der Waals surface area contributed by atoms with Crippen LogP contribution in [-0.2, 0) is 0 Å². The number of rotatable bonds is 0. The highest BCUT2D eigenvalue weighted by Crippen LogP contribution is 2.40. The molecule has 0 aromatic carbocycles. The first-order valence-electron chi connectivity index (χ1n) is 5.69. The average Bonchev–Trinajstić information content (AvgIpc) is 2.51. The van der Waals surface area contributed by atoms with Gasteiger partial charge in [0.05, 0.1) is 0 Å². The predicted molar refractivity (Wildman–Crippen MR) is 59.1 cm³/mol. The molecule has 0 amide bonds. The molecule has 14 heavy (non-hydrogen) atoms. The highest BCUT2D eigenvalue weighted by Gasteiger charge is 2.29. The Kier molecular flexibility index (Phi) is 1.88. The van der Waals surface area contributed by atoms with Crippen molar-refractivity contribution in [2.24, 2.45) is 5.92 Å². The highest BCUT2D eigenvalue weighted by atomic mass is 14.9. The molecule has 0 aromatic heterocycles. The molecule has 0 unspecified atom stereocenters. The molecule has 1 aliphatic heterocycles. The summed E-state index contributed by atoms with van der Waals surface area (Å²) in [4.78, 5) is 0. The second kappa shape index (κ2) is 3.09. The third-order valence-corrected chi connectivity index (χ3v) is 3.69. The fourth-order valence-electron chi connectivity index (χ4n) is 3.00. The minimum Gasteiger partial charge on any atom is -0.310 e. The summed E-state index contributed by atoms with van der Waals surface area (Å²) >= 11 is 0. The fraction of sp³-hybridized carbons (Fsp3) is 0.538. The van der Waals surface area contributed by atoms with Crippen molar-refractivity contribution in [3.05, 3.63) is 34.9 Å². The Hall–Kier alpha value is -0.820. The fourth-order valence-corrected chi connectivity index (χ4v) is 3.00. The van der Waals surface area contributed by atoms with Crippen molar-refractivity contribution in [3.8, 4) is 0 Å². The maximum absolute atomic E-state index is 3.59. The largest absolute Gasteiger partial charge is 0.310 e. The van der Waals surface area contributed by atoms with Crippen LogP contribution in [0.1, 0.15) is 26.2 Å². The van der Waals surface area contributed by atoms with Crippen LogP contribution in [-0.4, -0.2) is 12.6 Å². The standard InChI is InChI=1S/C13H17N/c1-9-7-11-4-2-3-10-5-6-12(8-14-9)13(10)11/h3,5-6,9,11,14H,2,4,7-8H2,1H3/t9-,11+/m0/s1. The van der Waals surface area contributed by atoms with E-state index in [1.807, 2.05) is 0 Å². The molecule has 0 bridgehead atoms. The zero-order valence-electron chi connectivity index (χ0n) is 8.72. The van der Waals surface area contributed by atoms with Crippen LogP contribution < -0.4 is 5.32 Å². The molecule has 3 aliphatic rings. The van der Waals surface area contributed by atoms with Crippen molar-refractivity contribution in [1.29, 1.82) is 0 Å². The number of allylic oxidation sites excluding steroid dienone is 4. The van der Waals surface area contributed by atoms with Crippen LogP contribution in [0.5, 0.6) is 0 Å². The quantitative estimate of drug-likeness (QED) is 0.614. The molecular formula is C13H17N. The van der Waals surface area contributed by atoms with Gasteiger partial charge in [0.2, 0.25) is 0 Å². The Morgan fingerprint density at radius 2 is 2.29 bits per heavy atom. The predicted octanol–water partition coefficient (Wildman–Crippen LogP) is 2.57. The van der Waals surface area contributed by atoms with E-state index in [9.17, 15) is 0 Å². The molecule has 74 valence electrons. The first kappa shape index (κ1) is 8.49. The molecule has 2 atom stereocenters. The smallest absolute Gasteiger partial charge is 0.0211 e. The minimum atomic E-state index is 0.679. The Labute approximate surface area is 85.6 Å². The molecule has 1 heteroatoms. The van der Waals surface area contributed by atoms with Crippen LogP contribution in [0.4, 0.5) is 0 Å². The molecule has 2 aliphatic carbocycles. The van der Waals surface area contributed by atoms with Gasteiger partial charge in [-0.15, -0.1) is 0 Å². The monoisotopic (exact) mass is 187 g/mol. The van der Waals surface area contributed by atoms with E-state index in [1.165, 1.54) is 24.8 Å². The van der Waals surface area contributed by atoms with E-state index in [0.29, 0.717) is 6.04 Å². The molecule has 0 fully saturated rings. The van der Waals surface area contributed by atoms with Crippen molar-refractivity contribution in [2.45, 2.75) is 32.2 Å². The van der Waals surface area contributed by atoms with E-state index in [0.717, 1.165) is 12.5 Å². The number of hydrogen-bond acceptors (Lipinski definition) is 1. The van der Waals surface area contributed by atoms with Crippen LogP contribution in [0.2, 0.25) is 0 Å². The van der Waals surface area contributed by atoms with E-state index in [-0.39, 0.29) is 0 Å². The summed E-state index contributed by atoms with van der Waals surface area (Å²) in [5.74, 6) is 0.824. The maximum atomic E-state index is 3.59. The van der Waals surface area contributed by atoms with E-state index in [4.69, 9.17) is 0 Å². The lowest BCUT2D eigenvalue weighted by Crippen LogP contribution is -2.27. The normalized spacial score (nSPS) is 35.4. The molecule has 0 spiro atoms. The maximum Gasteiger partial charge on any atom is 0.0211 e. The Bertz CT molecular complexity index is 346. The molecule has 0 saturated carbocycles. The van der Waals surface area contributed by atoms with Crippen molar-refractivity contribution in [3.63, 3.8) is 0 Å². The Morgan fingerprint density at radius 1 is 1.36 bits per heavy atom. The van der Waals surface area contributed by atoms with Crippen molar-refractivity contribution < 1.29 is 0 Å². The lowest BCUT2D eigenvalue weighted by Gasteiger charge is -2.24. The summed E-state index contributed by atoms with van der Waals surface area (Å²) in [6, 6.07) is 0.679. The van der Waals surface area contributed by atoms with E-state index < -0.39 is 0 Å². The third kappa shape index (κ3) is 1.19. The second-order valence-electron chi connectivity index (χ2n) is 4.72. The Balaban J connectivity index is 2.03. The van der Waals surface area contributed by atoms with Gasteiger partial charge in [0.15, 0.2) is 0 Å². The van der Waals surface area contributed by atoms with Gasteiger partial charge in [-0.05, 0) is 48.8 Å². The first-order valence-corrected chi connectivity index (χ1v) is 5.69. The van der Waals surface area contributed by atoms with Crippen LogP contribution in [0.25, 0.3) is 0 Å². The zero-order valence-corrected chi connectivity index (χ0v) is 8.72. The summed E-state index contributed by atoms with van der Waals surface area (Å²) in [5.41, 5.74) is 4.73. The van der Waals surface area contributed by atoms with Crippen molar-refractivity contribution in [2.75, 3.05) is 6.54 Å². The molecule has 1 heterocycles. The lowest BCUT2D eigenvalue weighted by atomic mass is 9.81. The van der Waals surface area contributed by atoms with Crippen LogP contribution >= 0.6 is 0 Å². The van der Waals surface area contributed by atoms with E-state index >= 15 is 0 Å². The second-order valence-corrected chi connectivity index (χ2v) is 4.72. The topological polar surface area (TPSA) is 12.0 Å². The molecule has 0 radical (unpaired) electrons. The van der Waals surface area contributed by atoms with Crippen LogP contribution in [0, 0.1) is 5.92 Å². The zero-order chi connectivity index (χ0) is 9.54. The van der Waals surface area contributed by atoms with E-state index in [2.05, 4.69) is 30.5 Å². The van der Waals surface area contributed by atoms with Crippen LogP contribution in [0.3, 0.4) is 0 Å². The summed E-state index contributed by atoms with van der Waals surface area (Å²) in [7, 11) is 0. The van der Waals surface area contributed by atoms with Gasteiger partial charge in [0, 0.05) is 12.6 Å². The molecule has 0 aromatic rings. The van der Waals surface area contributed by atoms with Gasteiger partial charge in [-0.1, -0.05) is 18.2 Å². The summed E-state index contributed by atoms with van der Waals surface area (Å²) < 4.78 is 0. The van der Waals surface area contributed by atoms with Gasteiger partial charge in [-0.2, -0.15) is 0 Å². The van der Waals surface area contributed by atoms with E-state index in [1.54, 1.807) is 11.1 Å². The molecular weight excluding hydrogens is 170 g/mol. The summed E-state index contributed by atoms with van der Waals surface area (Å²) in [6.45, 7) is 3.38. The van der Waals surface area contributed by atoms with Crippen LogP contribution in [0.15, 0.2) is 34.9 Å². The molecule has 1 N–H and O–H groups in total. The SMILES string of the molecule is C[C@H]1C[C@H]2CCC=C3C=CC(=C32)CN1. The lowest BCUT2D eigenvalue weighted by molar-refractivity contribution is 0.443. The van der Waals surface area contributed by atoms with Gasteiger partial charge in [0.25, 0.3) is 0 Å². The van der Waals surface area contributed by atoms with Gasteiger partial charge >= 0.3 is 0 Å². The average molecular weight is 187 g/mol. The third-order valence-electron chi connectivity index (χ3n) is 3.69. The molecule has 1 nitrogen and oxygen atoms in total. The summed E-state index contributed by atoms with van der Waals surface area (Å²) in [6.07, 6.45) is 11.0. The summed E-state index contributed by atoms with van der Waals surface area (Å²) in [5, 5.41) is 3.59. The number of hydrogen-bond donors (Lipinski definition) is 1. The minimum absolute atomic E-state index is 0.679. The van der Waals surface area contributed by atoms with Gasteiger partial charge < -0.3 is 5.32 Å².